The van der Waals surface area contributed by atoms with Gasteiger partial charge in [-0.25, -0.2) is 9.50 Å². The molecule has 2 aromatic heterocycles. The van der Waals surface area contributed by atoms with Gasteiger partial charge in [-0.3, -0.25) is 0 Å². The number of hydrogen-bond donors (Lipinski definition) is 1. The molecule has 2 heterocycles. The minimum absolute atomic E-state index is 0.0969. The highest BCUT2D eigenvalue weighted by atomic mass is 16.3. The van der Waals surface area contributed by atoms with E-state index < -0.39 is 0 Å². The van der Waals surface area contributed by atoms with Crippen molar-refractivity contribution in [2.45, 2.75) is 0 Å². The van der Waals surface area contributed by atoms with Crippen molar-refractivity contribution < 1.29 is 5.11 Å². The first-order valence-corrected chi connectivity index (χ1v) is 4.92. The predicted octanol–water partition coefficient (Wildman–Crippen LogP) is 2.10. The average molecular weight is 211 g/mol. The lowest BCUT2D eigenvalue weighted by molar-refractivity contribution is 0.480. The zero-order valence-electron chi connectivity index (χ0n) is 8.41. The summed E-state index contributed by atoms with van der Waals surface area (Å²) in [6.45, 7) is 0. The predicted molar refractivity (Wildman–Crippen MR) is 60.1 cm³/mol. The van der Waals surface area contributed by atoms with Crippen molar-refractivity contribution in [2.75, 3.05) is 0 Å². The van der Waals surface area contributed by atoms with Gasteiger partial charge < -0.3 is 5.11 Å². The van der Waals surface area contributed by atoms with Crippen LogP contribution in [0, 0.1) is 0 Å². The van der Waals surface area contributed by atoms with E-state index in [4.69, 9.17) is 0 Å². The summed E-state index contributed by atoms with van der Waals surface area (Å²) < 4.78 is 1.57. The Balaban J connectivity index is 2.19. The van der Waals surface area contributed by atoms with Gasteiger partial charge in [0, 0.05) is 18.0 Å². The maximum atomic E-state index is 9.43. The molecule has 78 valence electrons. The van der Waals surface area contributed by atoms with Crippen LogP contribution in [0.4, 0.5) is 0 Å². The molecule has 0 unspecified atom stereocenters. The molecule has 4 heteroatoms. The molecule has 0 saturated carbocycles. The summed E-state index contributed by atoms with van der Waals surface area (Å²) >= 11 is 0. The summed E-state index contributed by atoms with van der Waals surface area (Å²) in [7, 11) is 0. The molecule has 3 aromatic rings. The molecule has 0 fully saturated rings. The summed E-state index contributed by atoms with van der Waals surface area (Å²) in [5.41, 5.74) is 2.52. The van der Waals surface area contributed by atoms with Crippen LogP contribution in [0.3, 0.4) is 0 Å². The van der Waals surface area contributed by atoms with Crippen LogP contribution in [0.1, 0.15) is 0 Å². The van der Waals surface area contributed by atoms with Gasteiger partial charge in [0.25, 0.3) is 0 Å². The minimum Gasteiger partial charge on any atom is -0.503 e. The first-order chi connectivity index (χ1) is 7.84. The van der Waals surface area contributed by atoms with Crippen LogP contribution < -0.4 is 0 Å². The van der Waals surface area contributed by atoms with Crippen LogP contribution in [-0.2, 0) is 0 Å². The molecular weight excluding hydrogens is 202 g/mol. The highest BCUT2D eigenvalue weighted by Gasteiger charge is 2.04. The van der Waals surface area contributed by atoms with Gasteiger partial charge in [-0.2, -0.15) is 5.10 Å². The zero-order chi connectivity index (χ0) is 11.0. The third kappa shape index (κ3) is 1.32. The lowest BCUT2D eigenvalue weighted by atomic mass is 10.1. The topological polar surface area (TPSA) is 50.4 Å². The molecule has 0 spiro atoms. The summed E-state index contributed by atoms with van der Waals surface area (Å²) in [4.78, 5) is 4.17. The summed E-state index contributed by atoms with van der Waals surface area (Å²) in [5.74, 6) is 0.0969. The second kappa shape index (κ2) is 3.34. The summed E-state index contributed by atoms with van der Waals surface area (Å²) in [6, 6.07) is 9.92. The maximum absolute atomic E-state index is 9.43. The Morgan fingerprint density at radius 3 is 2.62 bits per heavy atom. The lowest BCUT2D eigenvalue weighted by Gasteiger charge is -2.01. The Labute approximate surface area is 91.8 Å². The van der Waals surface area contributed by atoms with Gasteiger partial charge in [0.15, 0.2) is 11.4 Å². The molecule has 0 aliphatic carbocycles. The SMILES string of the molecule is Oc1cnn2cc(-c3ccccc3)cnc12. The Morgan fingerprint density at radius 2 is 1.81 bits per heavy atom. The van der Waals surface area contributed by atoms with Gasteiger partial charge in [-0.1, -0.05) is 30.3 Å². The van der Waals surface area contributed by atoms with Crippen LogP contribution in [0.2, 0.25) is 0 Å². The molecule has 16 heavy (non-hydrogen) atoms. The van der Waals surface area contributed by atoms with E-state index in [-0.39, 0.29) is 5.75 Å². The van der Waals surface area contributed by atoms with Crippen molar-refractivity contribution >= 4 is 5.65 Å². The second-order valence-corrected chi connectivity index (χ2v) is 3.51. The number of rotatable bonds is 1. The first kappa shape index (κ1) is 8.91. The van der Waals surface area contributed by atoms with Crippen LogP contribution in [0.15, 0.2) is 48.9 Å². The monoisotopic (exact) mass is 211 g/mol. The molecule has 0 bridgehead atoms. The van der Waals surface area contributed by atoms with Crippen LogP contribution >= 0.6 is 0 Å². The zero-order valence-corrected chi connectivity index (χ0v) is 8.41. The number of fused-ring (bicyclic) bond motifs is 1. The maximum Gasteiger partial charge on any atom is 0.197 e. The second-order valence-electron chi connectivity index (χ2n) is 3.51. The number of hydrogen-bond acceptors (Lipinski definition) is 3. The fourth-order valence-electron chi connectivity index (χ4n) is 1.64. The number of nitrogens with zero attached hydrogens (tertiary/aromatic N) is 3. The summed E-state index contributed by atoms with van der Waals surface area (Å²) in [5, 5.41) is 13.4. The normalized spacial score (nSPS) is 10.8. The standard InChI is InChI=1S/C12H9N3O/c16-11-7-14-15-8-10(6-13-12(11)15)9-4-2-1-3-5-9/h1-8,16H. The molecule has 0 atom stereocenters. The van der Waals surface area contributed by atoms with Crippen molar-refractivity contribution in [3.63, 3.8) is 0 Å². The molecule has 1 N–H and O–H groups in total. The van der Waals surface area contributed by atoms with Crippen molar-refractivity contribution in [2.24, 2.45) is 0 Å². The van der Waals surface area contributed by atoms with Gasteiger partial charge in [0.05, 0.1) is 6.20 Å². The van der Waals surface area contributed by atoms with Crippen LogP contribution in [0.25, 0.3) is 16.8 Å². The van der Waals surface area contributed by atoms with E-state index in [1.54, 1.807) is 10.7 Å². The molecule has 3 rings (SSSR count). The Hall–Kier alpha value is -2.36. The molecule has 1 aromatic carbocycles. The molecule has 0 aliphatic rings. The quantitative estimate of drug-likeness (QED) is 0.670. The van der Waals surface area contributed by atoms with Gasteiger partial charge in [0.1, 0.15) is 0 Å². The lowest BCUT2D eigenvalue weighted by Crippen LogP contribution is -1.90. The number of aromatic nitrogens is 3. The fraction of sp³-hybridized carbons (Fsp3) is 0. The van der Waals surface area contributed by atoms with E-state index >= 15 is 0 Å². The molecule has 0 radical (unpaired) electrons. The average Bonchev–Trinajstić information content (AvgIpc) is 2.72. The molecule has 4 nitrogen and oxygen atoms in total. The fourth-order valence-corrected chi connectivity index (χ4v) is 1.64. The van der Waals surface area contributed by atoms with Gasteiger partial charge in [-0.05, 0) is 5.56 Å². The summed E-state index contributed by atoms with van der Waals surface area (Å²) in [6.07, 6.45) is 4.96. The van der Waals surface area contributed by atoms with E-state index in [9.17, 15) is 5.11 Å². The largest absolute Gasteiger partial charge is 0.503 e. The van der Waals surface area contributed by atoms with E-state index in [0.29, 0.717) is 5.65 Å². The Bertz CT molecular complexity index is 631. The highest BCUT2D eigenvalue weighted by Crippen LogP contribution is 2.20. The first-order valence-electron chi connectivity index (χ1n) is 4.92. The smallest absolute Gasteiger partial charge is 0.197 e. The van der Waals surface area contributed by atoms with Crippen molar-refractivity contribution in [3.8, 4) is 16.9 Å². The number of aromatic hydroxyl groups is 1. The van der Waals surface area contributed by atoms with Crippen LogP contribution in [-0.4, -0.2) is 19.7 Å². The van der Waals surface area contributed by atoms with Gasteiger partial charge in [0.2, 0.25) is 0 Å². The van der Waals surface area contributed by atoms with Crippen molar-refractivity contribution in [1.29, 1.82) is 0 Å². The van der Waals surface area contributed by atoms with Crippen LogP contribution in [0.5, 0.6) is 5.75 Å². The van der Waals surface area contributed by atoms with E-state index in [1.165, 1.54) is 6.20 Å². The molecule has 0 aliphatic heterocycles. The van der Waals surface area contributed by atoms with Crippen molar-refractivity contribution in [1.82, 2.24) is 14.6 Å². The molecule has 0 amide bonds. The van der Waals surface area contributed by atoms with E-state index in [1.807, 2.05) is 36.5 Å². The minimum atomic E-state index is 0.0969. The van der Waals surface area contributed by atoms with E-state index in [2.05, 4.69) is 10.1 Å². The highest BCUT2D eigenvalue weighted by molar-refractivity contribution is 5.64. The van der Waals surface area contributed by atoms with E-state index in [0.717, 1.165) is 11.1 Å². The van der Waals surface area contributed by atoms with Crippen molar-refractivity contribution in [3.05, 3.63) is 48.9 Å². The molecular formula is C12H9N3O. The Morgan fingerprint density at radius 1 is 1.00 bits per heavy atom. The third-order valence-corrected chi connectivity index (χ3v) is 2.44. The molecule has 0 saturated heterocycles. The van der Waals surface area contributed by atoms with Gasteiger partial charge >= 0.3 is 0 Å². The number of benzene rings is 1. The van der Waals surface area contributed by atoms with Gasteiger partial charge in [-0.15, -0.1) is 0 Å². The third-order valence-electron chi connectivity index (χ3n) is 2.44. The Kier molecular flexibility index (Phi) is 1.86.